The molecule has 0 spiro atoms. The highest BCUT2D eigenvalue weighted by molar-refractivity contribution is 7.90. The molecule has 2 aromatic heterocycles. The van der Waals surface area contributed by atoms with Gasteiger partial charge in [-0.2, -0.15) is 0 Å². The van der Waals surface area contributed by atoms with Crippen LogP contribution in [0.25, 0.3) is 0 Å². The molecule has 0 saturated heterocycles. The van der Waals surface area contributed by atoms with Crippen molar-refractivity contribution in [3.63, 3.8) is 0 Å². The van der Waals surface area contributed by atoms with Crippen LogP contribution in [0.1, 0.15) is 64.8 Å². The second-order valence-corrected chi connectivity index (χ2v) is 11.6. The molecule has 8 heteroatoms. The molecule has 0 saturated carbocycles. The number of benzene rings is 3. The Labute approximate surface area is 231 Å². The molecule has 0 aliphatic heterocycles. The van der Waals surface area contributed by atoms with Crippen molar-refractivity contribution >= 4 is 27.4 Å². The summed E-state index contributed by atoms with van der Waals surface area (Å²) < 4.78 is 29.8. The summed E-state index contributed by atoms with van der Waals surface area (Å²) in [5.74, 6) is -1.56. The molecule has 0 unspecified atom stereocenters. The first-order valence-electron chi connectivity index (χ1n) is 12.7. The van der Waals surface area contributed by atoms with Gasteiger partial charge in [-0.15, -0.1) is 0 Å². The van der Waals surface area contributed by atoms with Gasteiger partial charge in [0, 0.05) is 24.0 Å². The van der Waals surface area contributed by atoms with Crippen LogP contribution in [0, 0.1) is 13.8 Å². The third kappa shape index (κ3) is 3.87. The number of carbonyl (C=O) groups is 3. The zero-order valence-electron chi connectivity index (χ0n) is 21.8. The maximum absolute atomic E-state index is 14.2. The van der Waals surface area contributed by atoms with Gasteiger partial charge in [-0.25, -0.2) is 12.4 Å². The number of hydrogen-bond acceptors (Lipinski definition) is 5. The summed E-state index contributed by atoms with van der Waals surface area (Å²) in [6, 6.07) is 25.6. The topological polar surface area (TPSA) is 95.2 Å². The fourth-order valence-corrected chi connectivity index (χ4v) is 6.61. The van der Waals surface area contributed by atoms with E-state index in [0.717, 1.165) is 15.1 Å². The van der Waals surface area contributed by atoms with Crippen LogP contribution in [0.15, 0.2) is 102 Å². The number of ketones is 3. The minimum atomic E-state index is -4.18. The lowest BCUT2D eigenvalue weighted by molar-refractivity contribution is 0.0966. The van der Waals surface area contributed by atoms with Gasteiger partial charge < -0.3 is 4.57 Å². The first kappa shape index (κ1) is 25.5. The zero-order chi connectivity index (χ0) is 28.2. The molecule has 1 aliphatic rings. The highest BCUT2D eigenvalue weighted by atomic mass is 32.2. The maximum Gasteiger partial charge on any atom is 0.268 e. The molecule has 6 rings (SSSR count). The number of fused-ring (bicyclic) bond motifs is 2. The van der Waals surface area contributed by atoms with Crippen molar-refractivity contribution in [2.75, 3.05) is 0 Å². The number of aromatic nitrogens is 2. The average Bonchev–Trinajstić information content (AvgIpc) is 3.54. The Morgan fingerprint density at radius 3 is 2.02 bits per heavy atom. The third-order valence-corrected chi connectivity index (χ3v) is 8.99. The van der Waals surface area contributed by atoms with Crippen molar-refractivity contribution < 1.29 is 22.8 Å². The summed E-state index contributed by atoms with van der Waals surface area (Å²) in [4.78, 5) is 42.0. The highest BCUT2D eigenvalue weighted by Crippen LogP contribution is 2.36. The number of rotatable bonds is 6. The van der Waals surface area contributed by atoms with Gasteiger partial charge >= 0.3 is 0 Å². The van der Waals surface area contributed by atoms with Crippen LogP contribution in [0.4, 0.5) is 0 Å². The summed E-state index contributed by atoms with van der Waals surface area (Å²) in [6.07, 6.45) is 1.23. The molecule has 7 nitrogen and oxygen atoms in total. The van der Waals surface area contributed by atoms with E-state index in [9.17, 15) is 22.8 Å². The first-order valence-corrected chi connectivity index (χ1v) is 14.1. The van der Waals surface area contributed by atoms with E-state index in [1.807, 2.05) is 37.3 Å². The highest BCUT2D eigenvalue weighted by Gasteiger charge is 2.42. The van der Waals surface area contributed by atoms with Crippen LogP contribution >= 0.6 is 0 Å². The summed E-state index contributed by atoms with van der Waals surface area (Å²) >= 11 is 0. The van der Waals surface area contributed by atoms with E-state index in [2.05, 4.69) is 0 Å². The summed E-state index contributed by atoms with van der Waals surface area (Å²) in [6.45, 7) is 3.77. The largest absolute Gasteiger partial charge is 0.336 e. The predicted molar refractivity (Wildman–Crippen MR) is 150 cm³/mol. The number of nitrogens with zero attached hydrogens (tertiary/aromatic N) is 2. The lowest BCUT2D eigenvalue weighted by Crippen LogP contribution is -2.28. The summed E-state index contributed by atoms with van der Waals surface area (Å²) in [7, 11) is -4.18. The van der Waals surface area contributed by atoms with Crippen molar-refractivity contribution in [3.05, 3.63) is 148 Å². The second-order valence-electron chi connectivity index (χ2n) is 9.80. The van der Waals surface area contributed by atoms with Crippen LogP contribution < -0.4 is 0 Å². The minimum absolute atomic E-state index is 0.00154. The van der Waals surface area contributed by atoms with Gasteiger partial charge in [0.2, 0.25) is 5.78 Å². The smallest absolute Gasteiger partial charge is 0.268 e. The van der Waals surface area contributed by atoms with Crippen LogP contribution in [0.3, 0.4) is 0 Å². The van der Waals surface area contributed by atoms with Crippen LogP contribution in [-0.4, -0.2) is 34.3 Å². The first-order chi connectivity index (χ1) is 19.2. The lowest BCUT2D eigenvalue weighted by Gasteiger charge is -2.18. The molecule has 0 atom stereocenters. The number of aryl methyl sites for hydroxylation is 1. The van der Waals surface area contributed by atoms with Crippen molar-refractivity contribution in [1.82, 2.24) is 8.54 Å². The molecule has 3 aromatic carbocycles. The number of carbonyl (C=O) groups excluding carboxylic acids is 3. The molecule has 5 aromatic rings. The van der Waals surface area contributed by atoms with Crippen molar-refractivity contribution in [1.29, 1.82) is 0 Å². The van der Waals surface area contributed by atoms with Gasteiger partial charge in [0.1, 0.15) is 11.4 Å². The Morgan fingerprint density at radius 1 is 0.750 bits per heavy atom. The van der Waals surface area contributed by atoms with Crippen molar-refractivity contribution in [2.45, 2.75) is 25.3 Å². The second kappa shape index (κ2) is 9.43. The van der Waals surface area contributed by atoms with Crippen LogP contribution in [0.5, 0.6) is 0 Å². The van der Waals surface area contributed by atoms with E-state index in [1.54, 1.807) is 54.0 Å². The SMILES string of the molecule is Cc1ccc(S(=O)(=O)n2ccc3c2C(=O)c2c(c(C(=O)c4ccccc4)c(C)n2Cc2ccccc2)C3=O)cc1. The minimum Gasteiger partial charge on any atom is -0.336 e. The van der Waals surface area contributed by atoms with Crippen molar-refractivity contribution in [2.24, 2.45) is 0 Å². The average molecular weight is 549 g/mol. The van der Waals surface area contributed by atoms with E-state index in [0.29, 0.717) is 11.3 Å². The Hall–Kier alpha value is -4.82. The molecule has 0 amide bonds. The van der Waals surface area contributed by atoms with E-state index >= 15 is 0 Å². The number of hydrogen-bond donors (Lipinski definition) is 0. The molecule has 0 fully saturated rings. The van der Waals surface area contributed by atoms with Gasteiger partial charge in [0.25, 0.3) is 10.0 Å². The van der Waals surface area contributed by atoms with E-state index in [4.69, 9.17) is 0 Å². The van der Waals surface area contributed by atoms with E-state index in [-0.39, 0.29) is 45.3 Å². The van der Waals surface area contributed by atoms with Gasteiger partial charge in [-0.1, -0.05) is 78.4 Å². The quantitative estimate of drug-likeness (QED) is 0.267. The Kier molecular flexibility index (Phi) is 6.00. The summed E-state index contributed by atoms with van der Waals surface area (Å²) in [5, 5.41) is 0. The fourth-order valence-electron chi connectivity index (χ4n) is 5.26. The molecule has 40 heavy (non-hydrogen) atoms. The maximum atomic E-state index is 14.2. The van der Waals surface area contributed by atoms with Gasteiger partial charge in [-0.05, 0) is 37.6 Å². The zero-order valence-corrected chi connectivity index (χ0v) is 22.6. The van der Waals surface area contributed by atoms with Crippen LogP contribution in [0.2, 0.25) is 0 Å². The molecule has 0 N–H and O–H groups in total. The molecule has 0 radical (unpaired) electrons. The third-order valence-electron chi connectivity index (χ3n) is 7.30. The standard InChI is InChI=1S/C32H24N2O5S/c1-20-13-15-24(16-14-20)40(38,39)34-18-17-25-28(34)32(37)29-27(31(25)36)26(30(35)23-11-7-4-8-12-23)21(2)33(29)19-22-9-5-3-6-10-22/h3-18H,19H2,1-2H3. The summed E-state index contributed by atoms with van der Waals surface area (Å²) in [5.41, 5.74) is 2.47. The van der Waals surface area contributed by atoms with Gasteiger partial charge in [0.15, 0.2) is 11.6 Å². The predicted octanol–water partition coefficient (Wildman–Crippen LogP) is 5.20. The van der Waals surface area contributed by atoms with Gasteiger partial charge in [0.05, 0.1) is 21.6 Å². The fraction of sp³-hybridized carbons (Fsp3) is 0.0938. The Bertz CT molecular complexity index is 1930. The molecular weight excluding hydrogens is 524 g/mol. The lowest BCUT2D eigenvalue weighted by atomic mass is 9.88. The van der Waals surface area contributed by atoms with Gasteiger partial charge in [-0.3, -0.25) is 14.4 Å². The molecule has 0 bridgehead atoms. The molecule has 198 valence electrons. The van der Waals surface area contributed by atoms with E-state index in [1.165, 1.54) is 24.4 Å². The Morgan fingerprint density at radius 2 is 1.38 bits per heavy atom. The molecular formula is C32H24N2O5S. The Balaban J connectivity index is 1.58. The molecule has 2 heterocycles. The normalized spacial score (nSPS) is 12.8. The van der Waals surface area contributed by atoms with Crippen LogP contribution in [-0.2, 0) is 16.6 Å². The molecule has 1 aliphatic carbocycles. The van der Waals surface area contributed by atoms with Crippen molar-refractivity contribution in [3.8, 4) is 0 Å². The monoisotopic (exact) mass is 548 g/mol. The van der Waals surface area contributed by atoms with E-state index < -0.39 is 21.6 Å².